The summed E-state index contributed by atoms with van der Waals surface area (Å²) in [5.41, 5.74) is 0.282. The Labute approximate surface area is 116 Å². The maximum absolute atomic E-state index is 13.7. The van der Waals surface area contributed by atoms with E-state index in [4.69, 9.17) is 0 Å². The number of benzene rings is 2. The molecule has 2 aromatic carbocycles. The Morgan fingerprint density at radius 2 is 1.74 bits per heavy atom. The number of hydrogen-bond acceptors (Lipinski definition) is 2. The summed E-state index contributed by atoms with van der Waals surface area (Å²) in [5, 5.41) is 12.2. The van der Waals surface area contributed by atoms with Gasteiger partial charge in [-0.05, 0) is 40.2 Å². The van der Waals surface area contributed by atoms with Gasteiger partial charge in [-0.3, -0.25) is 4.79 Å². The quantitative estimate of drug-likeness (QED) is 0.597. The van der Waals surface area contributed by atoms with Crippen molar-refractivity contribution in [2.24, 2.45) is 0 Å². The molecule has 0 unspecified atom stereocenters. The fourth-order valence-corrected chi connectivity index (χ4v) is 2.59. The lowest BCUT2D eigenvalue weighted by Crippen LogP contribution is -2.17. The van der Waals surface area contributed by atoms with E-state index in [0.717, 1.165) is 0 Å². The van der Waals surface area contributed by atoms with Crippen molar-refractivity contribution in [3.8, 4) is 0 Å². The molecule has 1 heterocycles. The number of carbonyl (C=O) groups excluding carboxylic acids is 1. The molecule has 0 bridgehead atoms. The van der Waals surface area contributed by atoms with E-state index in [1.807, 2.05) is 0 Å². The minimum absolute atomic E-state index is 0.0624. The average Bonchev–Trinajstić information content (AvgIpc) is 2.64. The number of ketones is 1. The van der Waals surface area contributed by atoms with Crippen LogP contribution in [0.15, 0.2) is 46.9 Å². The zero-order chi connectivity index (χ0) is 13.6. The second-order valence-electron chi connectivity index (χ2n) is 4.09. The molecular weight excluding hydrogens is 313 g/mol. The molecule has 0 radical (unpaired) electrons. The molecular formula is C14H7BrFNO2. The first-order valence-electron chi connectivity index (χ1n) is 5.53. The van der Waals surface area contributed by atoms with Crippen molar-refractivity contribution in [2.45, 2.75) is 0 Å². The highest BCUT2D eigenvalue weighted by molar-refractivity contribution is 9.10. The van der Waals surface area contributed by atoms with E-state index < -0.39 is 11.6 Å². The van der Waals surface area contributed by atoms with Gasteiger partial charge in [-0.2, -0.15) is 9.13 Å². The minimum Gasteiger partial charge on any atom is -0.618 e. The first-order valence-corrected chi connectivity index (χ1v) is 6.33. The van der Waals surface area contributed by atoms with Crippen molar-refractivity contribution in [1.82, 2.24) is 0 Å². The molecule has 0 aromatic heterocycles. The molecule has 94 valence electrons. The molecule has 1 aliphatic rings. The van der Waals surface area contributed by atoms with E-state index in [1.54, 1.807) is 24.3 Å². The third-order valence-electron chi connectivity index (χ3n) is 2.98. The summed E-state index contributed by atoms with van der Waals surface area (Å²) in [5.74, 6) is -1.15. The smallest absolute Gasteiger partial charge is 0.274 e. The maximum Gasteiger partial charge on any atom is 0.274 e. The van der Waals surface area contributed by atoms with Gasteiger partial charge >= 0.3 is 0 Å². The molecule has 2 aromatic rings. The van der Waals surface area contributed by atoms with Gasteiger partial charge in [0.2, 0.25) is 0 Å². The van der Waals surface area contributed by atoms with E-state index in [9.17, 15) is 14.4 Å². The van der Waals surface area contributed by atoms with Gasteiger partial charge in [0.05, 0.1) is 5.56 Å². The second kappa shape index (κ2) is 4.28. The Kier molecular flexibility index (Phi) is 2.71. The van der Waals surface area contributed by atoms with Crippen LogP contribution in [0.3, 0.4) is 0 Å². The third kappa shape index (κ3) is 1.69. The predicted molar refractivity (Wildman–Crippen MR) is 72.3 cm³/mol. The molecule has 0 amide bonds. The highest BCUT2D eigenvalue weighted by Gasteiger charge is 2.39. The van der Waals surface area contributed by atoms with E-state index >= 15 is 0 Å². The number of para-hydroxylation sites is 1. The summed E-state index contributed by atoms with van der Waals surface area (Å²) in [6, 6.07) is 10.9. The topological polar surface area (TPSA) is 43.1 Å². The molecule has 19 heavy (non-hydrogen) atoms. The van der Waals surface area contributed by atoms with Gasteiger partial charge < -0.3 is 5.21 Å². The molecule has 0 fully saturated rings. The van der Waals surface area contributed by atoms with E-state index in [2.05, 4.69) is 15.9 Å². The zero-order valence-corrected chi connectivity index (χ0v) is 11.1. The van der Waals surface area contributed by atoms with Gasteiger partial charge in [-0.1, -0.05) is 18.2 Å². The lowest BCUT2D eigenvalue weighted by atomic mass is 10.0. The lowest BCUT2D eigenvalue weighted by Gasteiger charge is -2.03. The summed E-state index contributed by atoms with van der Waals surface area (Å²) in [6.07, 6.45) is 0. The van der Waals surface area contributed by atoms with Gasteiger partial charge in [0.15, 0.2) is 5.82 Å². The van der Waals surface area contributed by atoms with Crippen molar-refractivity contribution in [3.05, 3.63) is 69.1 Å². The SMILES string of the molecule is O=C1C(c2ccccc2Br)=[N+]([O-])c2c(F)cccc21. The van der Waals surface area contributed by atoms with Crippen molar-refractivity contribution in [2.75, 3.05) is 0 Å². The number of Topliss-reactive ketones (excluding diaryl/α,β-unsaturated/α-hetero) is 1. The van der Waals surface area contributed by atoms with Crippen LogP contribution in [0.5, 0.6) is 0 Å². The van der Waals surface area contributed by atoms with Crippen molar-refractivity contribution >= 4 is 33.1 Å². The zero-order valence-electron chi connectivity index (χ0n) is 9.56. The van der Waals surface area contributed by atoms with E-state index in [-0.39, 0.29) is 17.0 Å². The van der Waals surface area contributed by atoms with Crippen LogP contribution in [0.2, 0.25) is 0 Å². The highest BCUT2D eigenvalue weighted by atomic mass is 79.9. The van der Waals surface area contributed by atoms with Gasteiger partial charge in [-0.15, -0.1) is 0 Å². The van der Waals surface area contributed by atoms with Crippen LogP contribution in [0.4, 0.5) is 10.1 Å². The molecule has 0 saturated heterocycles. The standard InChI is InChI=1S/C14H7BrFNO2/c15-10-6-2-1-4-8(10)13-14(18)9-5-3-7-11(16)12(9)17(13)19/h1-7H. The molecule has 0 atom stereocenters. The van der Waals surface area contributed by atoms with Gasteiger partial charge in [0, 0.05) is 4.47 Å². The largest absolute Gasteiger partial charge is 0.618 e. The van der Waals surface area contributed by atoms with Crippen LogP contribution >= 0.6 is 15.9 Å². The summed E-state index contributed by atoms with van der Waals surface area (Å²) in [7, 11) is 0. The van der Waals surface area contributed by atoms with E-state index in [0.29, 0.717) is 14.8 Å². The Morgan fingerprint density at radius 3 is 2.42 bits per heavy atom. The minimum atomic E-state index is -0.692. The van der Waals surface area contributed by atoms with Crippen molar-refractivity contribution in [3.63, 3.8) is 0 Å². The number of nitrogens with zero attached hydrogens (tertiary/aromatic N) is 1. The highest BCUT2D eigenvalue weighted by Crippen LogP contribution is 2.32. The van der Waals surface area contributed by atoms with E-state index in [1.165, 1.54) is 18.2 Å². The average molecular weight is 320 g/mol. The second-order valence-corrected chi connectivity index (χ2v) is 4.94. The summed E-state index contributed by atoms with van der Waals surface area (Å²) in [6.45, 7) is 0. The Morgan fingerprint density at radius 1 is 1.05 bits per heavy atom. The number of fused-ring (bicyclic) bond motifs is 1. The van der Waals surface area contributed by atoms with Crippen molar-refractivity contribution in [1.29, 1.82) is 0 Å². The summed E-state index contributed by atoms with van der Waals surface area (Å²) < 4.78 is 14.7. The Bertz CT molecular complexity index is 740. The number of rotatable bonds is 1. The van der Waals surface area contributed by atoms with Gasteiger partial charge in [-0.25, -0.2) is 0 Å². The Hall–Kier alpha value is -2.01. The summed E-state index contributed by atoms with van der Waals surface area (Å²) in [4.78, 5) is 12.2. The molecule has 0 aliphatic carbocycles. The molecule has 0 N–H and O–H groups in total. The maximum atomic E-state index is 13.7. The monoisotopic (exact) mass is 319 g/mol. The molecule has 3 rings (SSSR count). The van der Waals surface area contributed by atoms with Crippen LogP contribution in [-0.4, -0.2) is 16.2 Å². The molecule has 5 heteroatoms. The number of halogens is 2. The summed E-state index contributed by atoms with van der Waals surface area (Å²) >= 11 is 3.29. The van der Waals surface area contributed by atoms with Crippen molar-refractivity contribution < 1.29 is 13.9 Å². The van der Waals surface area contributed by atoms with Crippen LogP contribution in [0.25, 0.3) is 0 Å². The van der Waals surface area contributed by atoms with Crippen LogP contribution in [-0.2, 0) is 0 Å². The Balaban J connectivity index is 2.29. The molecule has 0 spiro atoms. The normalized spacial score (nSPS) is 13.9. The van der Waals surface area contributed by atoms with Gasteiger partial charge in [0.25, 0.3) is 17.2 Å². The third-order valence-corrected chi connectivity index (χ3v) is 3.67. The number of carbonyl (C=O) groups is 1. The van der Waals surface area contributed by atoms with Gasteiger partial charge in [0.1, 0.15) is 5.56 Å². The predicted octanol–water partition coefficient (Wildman–Crippen LogP) is 3.42. The van der Waals surface area contributed by atoms with Crippen LogP contribution in [0.1, 0.15) is 15.9 Å². The fourth-order valence-electron chi connectivity index (χ4n) is 2.12. The molecule has 0 saturated carbocycles. The first kappa shape index (κ1) is 12.0. The molecule has 3 nitrogen and oxygen atoms in total. The number of hydrogen-bond donors (Lipinski definition) is 0. The molecule has 1 aliphatic heterocycles. The van der Waals surface area contributed by atoms with Crippen LogP contribution < -0.4 is 0 Å². The van der Waals surface area contributed by atoms with Crippen LogP contribution in [0, 0.1) is 11.0 Å². The fraction of sp³-hybridized carbons (Fsp3) is 0. The lowest BCUT2D eigenvalue weighted by molar-refractivity contribution is -0.358. The first-order chi connectivity index (χ1) is 9.11.